The normalized spacial score (nSPS) is 10.4. The van der Waals surface area contributed by atoms with E-state index in [2.05, 4.69) is 15.5 Å². The predicted octanol–water partition coefficient (Wildman–Crippen LogP) is 2.94. The van der Waals surface area contributed by atoms with Crippen LogP contribution in [0.5, 0.6) is 0 Å². The molecule has 6 nitrogen and oxygen atoms in total. The minimum atomic E-state index is -0.167. The van der Waals surface area contributed by atoms with Gasteiger partial charge in [-0.05, 0) is 18.6 Å². The largest absolute Gasteiger partial charge is 0.338 e. The molecule has 1 aromatic carbocycles. The monoisotopic (exact) mass is 308 g/mol. The molecule has 2 amide bonds. The van der Waals surface area contributed by atoms with Gasteiger partial charge in [0, 0.05) is 24.2 Å². The summed E-state index contributed by atoms with van der Waals surface area (Å²) in [6.45, 7) is 2.89. The summed E-state index contributed by atoms with van der Waals surface area (Å²) >= 11 is 5.93. The fourth-order valence-corrected chi connectivity index (χ4v) is 1.90. The molecule has 2 aromatic rings. The first kappa shape index (κ1) is 15.3. The molecule has 0 radical (unpaired) electrons. The number of hydrogen-bond donors (Lipinski definition) is 1. The molecule has 0 bridgehead atoms. The number of amides is 2. The molecule has 0 aliphatic carbocycles. The Morgan fingerprint density at radius 2 is 2.29 bits per heavy atom. The van der Waals surface area contributed by atoms with E-state index in [4.69, 9.17) is 16.1 Å². The van der Waals surface area contributed by atoms with Gasteiger partial charge in [0.2, 0.25) is 11.7 Å². The van der Waals surface area contributed by atoms with Gasteiger partial charge in [0.15, 0.2) is 0 Å². The van der Waals surface area contributed by atoms with Gasteiger partial charge in [-0.1, -0.05) is 35.8 Å². The average Bonchev–Trinajstić information content (AvgIpc) is 2.93. The predicted molar refractivity (Wildman–Crippen MR) is 79.9 cm³/mol. The molecule has 0 atom stereocenters. The summed E-state index contributed by atoms with van der Waals surface area (Å²) in [5.74, 6) is 0.828. The van der Waals surface area contributed by atoms with Crippen LogP contribution in [0, 0.1) is 0 Å². The first-order valence-electron chi connectivity index (χ1n) is 6.67. The van der Waals surface area contributed by atoms with Gasteiger partial charge in [0.1, 0.15) is 6.54 Å². The summed E-state index contributed by atoms with van der Waals surface area (Å²) in [6.07, 6.45) is 0.888. The number of carbonyl (C=O) groups excluding carboxylic acids is 1. The second-order valence-electron chi connectivity index (χ2n) is 4.61. The van der Waals surface area contributed by atoms with E-state index in [9.17, 15) is 4.79 Å². The van der Waals surface area contributed by atoms with Crippen molar-refractivity contribution in [1.82, 2.24) is 20.4 Å². The van der Waals surface area contributed by atoms with Crippen molar-refractivity contribution in [2.24, 2.45) is 0 Å². The van der Waals surface area contributed by atoms with E-state index in [1.165, 1.54) is 4.90 Å². The van der Waals surface area contributed by atoms with Crippen molar-refractivity contribution in [2.45, 2.75) is 19.9 Å². The smallest absolute Gasteiger partial charge is 0.317 e. The standard InChI is InChI=1S/C14H17ClN4O2/c1-3-7-16-14(20)19(2)9-12-17-13(18-21-12)10-5-4-6-11(15)8-10/h4-6,8H,3,7,9H2,1-2H3,(H,16,20). The summed E-state index contributed by atoms with van der Waals surface area (Å²) in [4.78, 5) is 17.5. The van der Waals surface area contributed by atoms with Crippen LogP contribution in [0.25, 0.3) is 11.4 Å². The quantitative estimate of drug-likeness (QED) is 0.922. The number of urea groups is 1. The van der Waals surface area contributed by atoms with Crippen LogP contribution in [0.3, 0.4) is 0 Å². The first-order chi connectivity index (χ1) is 10.1. The zero-order valence-corrected chi connectivity index (χ0v) is 12.7. The lowest BCUT2D eigenvalue weighted by Crippen LogP contribution is -2.37. The van der Waals surface area contributed by atoms with Gasteiger partial charge in [-0.15, -0.1) is 0 Å². The Labute approximate surface area is 128 Å². The Morgan fingerprint density at radius 3 is 3.00 bits per heavy atom. The van der Waals surface area contributed by atoms with E-state index in [0.29, 0.717) is 23.3 Å². The highest BCUT2D eigenvalue weighted by molar-refractivity contribution is 6.30. The van der Waals surface area contributed by atoms with Gasteiger partial charge in [0.05, 0.1) is 0 Å². The Kier molecular flexibility index (Phi) is 5.16. The number of carbonyl (C=O) groups is 1. The van der Waals surface area contributed by atoms with E-state index in [1.54, 1.807) is 19.2 Å². The average molecular weight is 309 g/mol. The highest BCUT2D eigenvalue weighted by atomic mass is 35.5. The van der Waals surface area contributed by atoms with E-state index < -0.39 is 0 Å². The third kappa shape index (κ3) is 4.19. The zero-order chi connectivity index (χ0) is 15.2. The highest BCUT2D eigenvalue weighted by Gasteiger charge is 2.14. The minimum absolute atomic E-state index is 0.167. The highest BCUT2D eigenvalue weighted by Crippen LogP contribution is 2.20. The van der Waals surface area contributed by atoms with E-state index in [0.717, 1.165) is 12.0 Å². The third-order valence-electron chi connectivity index (χ3n) is 2.80. The molecule has 7 heteroatoms. The van der Waals surface area contributed by atoms with E-state index in [1.807, 2.05) is 19.1 Å². The van der Waals surface area contributed by atoms with Crippen molar-refractivity contribution in [2.75, 3.05) is 13.6 Å². The summed E-state index contributed by atoms with van der Waals surface area (Å²) in [6, 6.07) is 7.03. The molecule has 0 unspecified atom stereocenters. The molecule has 1 N–H and O–H groups in total. The number of nitrogens with zero attached hydrogens (tertiary/aromatic N) is 3. The second kappa shape index (κ2) is 7.08. The van der Waals surface area contributed by atoms with Crippen LogP contribution in [0.4, 0.5) is 4.79 Å². The topological polar surface area (TPSA) is 71.3 Å². The van der Waals surface area contributed by atoms with Crippen LogP contribution in [-0.4, -0.2) is 34.7 Å². The van der Waals surface area contributed by atoms with Gasteiger partial charge in [0.25, 0.3) is 0 Å². The van der Waals surface area contributed by atoms with Crippen LogP contribution < -0.4 is 5.32 Å². The minimum Gasteiger partial charge on any atom is -0.338 e. The Bertz CT molecular complexity index is 615. The maximum atomic E-state index is 11.7. The summed E-state index contributed by atoms with van der Waals surface area (Å²) in [5.41, 5.74) is 0.774. The third-order valence-corrected chi connectivity index (χ3v) is 3.03. The number of nitrogens with one attached hydrogen (secondary N) is 1. The van der Waals surface area contributed by atoms with Crippen LogP contribution in [0.15, 0.2) is 28.8 Å². The van der Waals surface area contributed by atoms with E-state index in [-0.39, 0.29) is 12.6 Å². The molecule has 0 aliphatic rings. The van der Waals surface area contributed by atoms with Gasteiger partial charge in [-0.3, -0.25) is 0 Å². The Morgan fingerprint density at radius 1 is 1.48 bits per heavy atom. The van der Waals surface area contributed by atoms with Crippen LogP contribution in [0.2, 0.25) is 5.02 Å². The van der Waals surface area contributed by atoms with Crippen molar-refractivity contribution in [3.8, 4) is 11.4 Å². The molecule has 0 saturated carbocycles. The summed E-state index contributed by atoms with van der Waals surface area (Å²) in [5, 5.41) is 7.28. The lowest BCUT2D eigenvalue weighted by Gasteiger charge is -2.15. The van der Waals surface area contributed by atoms with Crippen LogP contribution >= 0.6 is 11.6 Å². The van der Waals surface area contributed by atoms with Crippen molar-refractivity contribution in [3.05, 3.63) is 35.2 Å². The number of hydrogen-bond acceptors (Lipinski definition) is 4. The first-order valence-corrected chi connectivity index (χ1v) is 7.05. The van der Waals surface area contributed by atoms with Crippen LogP contribution in [-0.2, 0) is 6.54 Å². The SMILES string of the molecule is CCCNC(=O)N(C)Cc1nc(-c2cccc(Cl)c2)no1. The van der Waals surface area contributed by atoms with E-state index >= 15 is 0 Å². The van der Waals surface area contributed by atoms with Gasteiger partial charge < -0.3 is 14.7 Å². The molecular weight excluding hydrogens is 292 g/mol. The molecule has 0 aliphatic heterocycles. The Balaban J connectivity index is 2.01. The summed E-state index contributed by atoms with van der Waals surface area (Å²) in [7, 11) is 1.67. The van der Waals surface area contributed by atoms with Crippen LogP contribution in [0.1, 0.15) is 19.2 Å². The number of aromatic nitrogens is 2. The van der Waals surface area contributed by atoms with Gasteiger partial charge in [-0.25, -0.2) is 4.79 Å². The maximum Gasteiger partial charge on any atom is 0.317 e. The molecule has 1 aromatic heterocycles. The lowest BCUT2D eigenvalue weighted by molar-refractivity contribution is 0.199. The maximum absolute atomic E-state index is 11.7. The molecule has 1 heterocycles. The number of benzene rings is 1. The zero-order valence-electron chi connectivity index (χ0n) is 12.0. The Hall–Kier alpha value is -2.08. The van der Waals surface area contributed by atoms with Crippen molar-refractivity contribution in [1.29, 1.82) is 0 Å². The van der Waals surface area contributed by atoms with Gasteiger partial charge in [-0.2, -0.15) is 4.98 Å². The molecule has 0 spiro atoms. The summed E-state index contributed by atoms with van der Waals surface area (Å²) < 4.78 is 5.16. The fraction of sp³-hybridized carbons (Fsp3) is 0.357. The lowest BCUT2D eigenvalue weighted by atomic mass is 10.2. The van der Waals surface area contributed by atoms with Gasteiger partial charge >= 0.3 is 6.03 Å². The van der Waals surface area contributed by atoms with Crippen molar-refractivity contribution < 1.29 is 9.32 Å². The molecule has 0 saturated heterocycles. The second-order valence-corrected chi connectivity index (χ2v) is 5.05. The number of halogens is 1. The molecule has 0 fully saturated rings. The number of rotatable bonds is 5. The molecule has 21 heavy (non-hydrogen) atoms. The fourth-order valence-electron chi connectivity index (χ4n) is 1.71. The molecular formula is C14H17ClN4O2. The molecule has 2 rings (SSSR count). The van der Waals surface area contributed by atoms with Crippen molar-refractivity contribution >= 4 is 17.6 Å². The van der Waals surface area contributed by atoms with Crippen molar-refractivity contribution in [3.63, 3.8) is 0 Å². The molecule has 112 valence electrons.